The molecule has 2 aromatic rings. The third-order valence-electron chi connectivity index (χ3n) is 7.17. The van der Waals surface area contributed by atoms with Gasteiger partial charge in [-0.05, 0) is 54.8 Å². The van der Waals surface area contributed by atoms with Crippen molar-refractivity contribution in [1.82, 2.24) is 5.32 Å². The minimum Gasteiger partial charge on any atom is -0.497 e. The minimum atomic E-state index is -0.838. The topological polar surface area (TPSA) is 98.5 Å². The fourth-order valence-electron chi connectivity index (χ4n) is 5.06. The van der Waals surface area contributed by atoms with E-state index >= 15 is 0 Å². The van der Waals surface area contributed by atoms with Crippen LogP contribution in [-0.2, 0) is 4.79 Å². The van der Waals surface area contributed by atoms with E-state index < -0.39 is 6.10 Å². The lowest BCUT2D eigenvalue weighted by Gasteiger charge is -2.28. The summed E-state index contributed by atoms with van der Waals surface area (Å²) >= 11 is 0. The van der Waals surface area contributed by atoms with Crippen LogP contribution in [-0.4, -0.2) is 62.8 Å². The maximum atomic E-state index is 12.8. The zero-order chi connectivity index (χ0) is 26.0. The Morgan fingerprint density at radius 3 is 2.41 bits per heavy atom. The average Bonchev–Trinajstić information content (AvgIpc) is 3.45. The maximum Gasteiger partial charge on any atom is 0.220 e. The zero-order valence-electron chi connectivity index (χ0n) is 21.7. The highest BCUT2D eigenvalue weighted by Gasteiger charge is 2.30. The molecule has 0 radical (unpaired) electrons. The molecular formula is C29H39N2O6+. The van der Waals surface area contributed by atoms with Crippen LogP contribution in [0.1, 0.15) is 67.0 Å². The van der Waals surface area contributed by atoms with E-state index in [0.717, 1.165) is 31.7 Å². The molecule has 8 nitrogen and oxygen atoms in total. The number of fused-ring (bicyclic) bond motifs is 1. The number of quaternary nitrogens is 1. The molecule has 0 unspecified atom stereocenters. The number of carbonyl (C=O) groups excluding carboxylic acids is 2. The van der Waals surface area contributed by atoms with Crippen LogP contribution in [0.25, 0.3) is 0 Å². The molecule has 2 atom stereocenters. The van der Waals surface area contributed by atoms with E-state index in [1.807, 2.05) is 18.2 Å². The van der Waals surface area contributed by atoms with Crippen molar-refractivity contribution >= 4 is 11.7 Å². The summed E-state index contributed by atoms with van der Waals surface area (Å²) in [5, 5.41) is 14.3. The lowest BCUT2D eigenvalue weighted by Crippen LogP contribution is -3.11. The number of rotatable bonds is 13. The van der Waals surface area contributed by atoms with Crippen molar-refractivity contribution in [2.45, 2.75) is 57.1 Å². The first-order valence-electron chi connectivity index (χ1n) is 13.4. The van der Waals surface area contributed by atoms with E-state index in [9.17, 15) is 14.7 Å². The summed E-state index contributed by atoms with van der Waals surface area (Å²) in [7, 11) is 1.60. The van der Waals surface area contributed by atoms with Gasteiger partial charge in [0.25, 0.3) is 0 Å². The van der Waals surface area contributed by atoms with Crippen LogP contribution in [0, 0.1) is 0 Å². The summed E-state index contributed by atoms with van der Waals surface area (Å²) in [6.45, 7) is 3.79. The van der Waals surface area contributed by atoms with Gasteiger partial charge in [-0.2, -0.15) is 0 Å². The summed E-state index contributed by atoms with van der Waals surface area (Å²) in [4.78, 5) is 26.6. The Morgan fingerprint density at radius 2 is 1.68 bits per heavy atom. The number of likely N-dealkylation sites (tertiary alicyclic amines) is 1. The van der Waals surface area contributed by atoms with E-state index in [1.54, 1.807) is 31.4 Å². The van der Waals surface area contributed by atoms with Gasteiger partial charge in [0.1, 0.15) is 37.7 Å². The third-order valence-corrected chi connectivity index (χ3v) is 7.17. The number of hydrogen-bond donors (Lipinski definition) is 3. The molecule has 2 aliphatic rings. The number of carbonyl (C=O) groups is 2. The smallest absolute Gasteiger partial charge is 0.220 e. The van der Waals surface area contributed by atoms with Gasteiger partial charge in [0.05, 0.1) is 20.2 Å². The monoisotopic (exact) mass is 511 g/mol. The van der Waals surface area contributed by atoms with Crippen LogP contribution >= 0.6 is 0 Å². The highest BCUT2D eigenvalue weighted by Crippen LogP contribution is 2.33. The lowest BCUT2D eigenvalue weighted by molar-refractivity contribution is -0.889. The predicted octanol–water partition coefficient (Wildman–Crippen LogP) is 2.50. The number of methoxy groups -OCH3 is 1. The number of ketones is 1. The predicted molar refractivity (Wildman–Crippen MR) is 140 cm³/mol. The van der Waals surface area contributed by atoms with Gasteiger partial charge in [0.2, 0.25) is 5.91 Å². The van der Waals surface area contributed by atoms with E-state index in [1.165, 1.54) is 17.7 Å². The van der Waals surface area contributed by atoms with Crippen molar-refractivity contribution < 1.29 is 33.8 Å². The van der Waals surface area contributed by atoms with Crippen molar-refractivity contribution in [3.63, 3.8) is 0 Å². The molecule has 200 valence electrons. The SMILES string of the molecule is COc1ccc(C(=O)CCCCCC(=O)N[C@H](C[NH+]2CCCC2)[C@@H](O)c2ccc3c(c2)OCCO3)cc1. The van der Waals surface area contributed by atoms with Crippen LogP contribution in [0.3, 0.4) is 0 Å². The largest absolute Gasteiger partial charge is 0.497 e. The Balaban J connectivity index is 1.26. The molecule has 1 saturated heterocycles. The Bertz CT molecular complexity index is 1040. The molecule has 0 saturated carbocycles. The first-order chi connectivity index (χ1) is 18.0. The number of amides is 1. The molecule has 37 heavy (non-hydrogen) atoms. The molecule has 2 aliphatic heterocycles. The van der Waals surface area contributed by atoms with E-state index in [2.05, 4.69) is 5.32 Å². The van der Waals surface area contributed by atoms with Crippen molar-refractivity contribution in [2.24, 2.45) is 0 Å². The molecule has 0 aromatic heterocycles. The second-order valence-electron chi connectivity index (χ2n) is 9.90. The zero-order valence-corrected chi connectivity index (χ0v) is 21.7. The summed E-state index contributed by atoms with van der Waals surface area (Å²) < 4.78 is 16.4. The Labute approximate surface area is 218 Å². The maximum absolute atomic E-state index is 12.8. The number of benzene rings is 2. The highest BCUT2D eigenvalue weighted by molar-refractivity contribution is 5.96. The summed E-state index contributed by atoms with van der Waals surface area (Å²) in [6.07, 6.45) is 4.56. The van der Waals surface area contributed by atoms with Gasteiger partial charge in [-0.1, -0.05) is 12.5 Å². The number of unbranched alkanes of at least 4 members (excludes halogenated alkanes) is 2. The number of aliphatic hydroxyl groups is 1. The van der Waals surface area contributed by atoms with E-state index in [0.29, 0.717) is 61.6 Å². The molecule has 0 spiro atoms. The van der Waals surface area contributed by atoms with Gasteiger partial charge in [-0.3, -0.25) is 9.59 Å². The summed E-state index contributed by atoms with van der Waals surface area (Å²) in [5.74, 6) is 2.07. The second kappa shape index (κ2) is 13.4. The quantitative estimate of drug-likeness (QED) is 0.282. The molecule has 2 heterocycles. The first kappa shape index (κ1) is 26.9. The molecule has 0 bridgehead atoms. The van der Waals surface area contributed by atoms with Crippen molar-refractivity contribution in [3.8, 4) is 17.2 Å². The Hall–Kier alpha value is -3.10. The number of nitrogens with one attached hydrogen (secondary N) is 2. The van der Waals surface area contributed by atoms with Crippen LogP contribution in [0.4, 0.5) is 0 Å². The average molecular weight is 512 g/mol. The number of ether oxygens (including phenoxy) is 3. The van der Waals surface area contributed by atoms with Crippen molar-refractivity contribution in [2.75, 3.05) is 40.0 Å². The van der Waals surface area contributed by atoms with Gasteiger partial charge in [-0.15, -0.1) is 0 Å². The van der Waals surface area contributed by atoms with Crippen molar-refractivity contribution in [1.29, 1.82) is 0 Å². The molecule has 4 rings (SSSR count). The Morgan fingerprint density at radius 1 is 0.973 bits per heavy atom. The summed E-state index contributed by atoms with van der Waals surface area (Å²) in [5.41, 5.74) is 1.39. The third kappa shape index (κ3) is 7.69. The number of Topliss-reactive ketones (excluding diaryl/α,β-unsaturated/α-hetero) is 1. The molecule has 1 amide bonds. The number of aliphatic hydroxyl groups excluding tert-OH is 1. The van der Waals surface area contributed by atoms with Gasteiger partial charge >= 0.3 is 0 Å². The fourth-order valence-corrected chi connectivity index (χ4v) is 5.06. The highest BCUT2D eigenvalue weighted by atomic mass is 16.6. The van der Waals surface area contributed by atoms with Crippen molar-refractivity contribution in [3.05, 3.63) is 53.6 Å². The first-order valence-corrected chi connectivity index (χ1v) is 13.4. The molecule has 0 aliphatic carbocycles. The Kier molecular flexibility index (Phi) is 9.79. The van der Waals surface area contributed by atoms with E-state index in [4.69, 9.17) is 14.2 Å². The fraction of sp³-hybridized carbons (Fsp3) is 0.517. The van der Waals surface area contributed by atoms with Gasteiger partial charge < -0.3 is 29.5 Å². The lowest BCUT2D eigenvalue weighted by atomic mass is 10.00. The van der Waals surface area contributed by atoms with Crippen LogP contribution in [0.15, 0.2) is 42.5 Å². The van der Waals surface area contributed by atoms with Gasteiger partial charge in [0.15, 0.2) is 17.3 Å². The molecule has 3 N–H and O–H groups in total. The summed E-state index contributed by atoms with van der Waals surface area (Å²) in [6, 6.07) is 12.2. The molecular weight excluding hydrogens is 472 g/mol. The standard InChI is InChI=1S/C29H38N2O6/c1-35-23-12-9-21(10-13-23)25(32)7-3-2-4-8-28(33)30-24(20-31-15-5-6-16-31)29(34)22-11-14-26-27(19-22)37-18-17-36-26/h9-14,19,24,29,34H,2-8,15-18,20H2,1H3,(H,30,33)/p+1/t24-,29+/m1/s1. The van der Waals surface area contributed by atoms with Gasteiger partial charge in [-0.25, -0.2) is 0 Å². The molecule has 2 aromatic carbocycles. The minimum absolute atomic E-state index is 0.0679. The van der Waals surface area contributed by atoms with Crippen LogP contribution in [0.5, 0.6) is 17.2 Å². The molecule has 1 fully saturated rings. The molecule has 8 heteroatoms. The van der Waals surface area contributed by atoms with Crippen LogP contribution in [0.2, 0.25) is 0 Å². The number of hydrogen-bond acceptors (Lipinski definition) is 6. The normalized spacial score (nSPS) is 16.7. The van der Waals surface area contributed by atoms with Crippen LogP contribution < -0.4 is 24.4 Å². The van der Waals surface area contributed by atoms with Gasteiger partial charge in [0, 0.05) is 31.2 Å². The second-order valence-corrected chi connectivity index (χ2v) is 9.90. The van der Waals surface area contributed by atoms with E-state index in [-0.39, 0.29) is 17.7 Å².